The Kier molecular flexibility index (Phi) is 21.3. The van der Waals surface area contributed by atoms with Crippen LogP contribution in [0, 0.1) is 12.8 Å². The van der Waals surface area contributed by atoms with Crippen LogP contribution in [0.3, 0.4) is 0 Å². The van der Waals surface area contributed by atoms with Gasteiger partial charge in [-0.3, -0.25) is 67.5 Å². The largest absolute Gasteiger partial charge is 0.507 e. The number of imide groups is 1. The zero-order valence-corrected chi connectivity index (χ0v) is 52.1. The fraction of sp³-hybridized carbons (Fsp3) is 0.364. The quantitative estimate of drug-likeness (QED) is 0.0138. The van der Waals surface area contributed by atoms with E-state index >= 15 is 0 Å². The summed E-state index contributed by atoms with van der Waals surface area (Å²) in [6.07, 6.45) is 5.71. The number of carboxylic acids is 1. The van der Waals surface area contributed by atoms with E-state index in [2.05, 4.69) is 37.2 Å². The molecular weight excluding hydrogens is 1240 g/mol. The first-order chi connectivity index (χ1) is 45.3. The summed E-state index contributed by atoms with van der Waals surface area (Å²) in [5, 5.41) is 39.1. The second-order valence-electron chi connectivity index (χ2n) is 23.2. The fourth-order valence-corrected chi connectivity index (χ4v) is 12.1. The smallest absolute Gasteiger partial charge is 0.317 e. The van der Waals surface area contributed by atoms with Crippen molar-refractivity contribution >= 4 is 116 Å². The van der Waals surface area contributed by atoms with Crippen LogP contribution in [0.2, 0.25) is 0 Å². The first kappa shape index (κ1) is 66.7. The third-order valence-electron chi connectivity index (χ3n) is 16.6. The number of aliphatic imine (C=N–C) groups is 1. The molecule has 0 aromatic heterocycles. The van der Waals surface area contributed by atoms with Crippen molar-refractivity contribution in [2.75, 3.05) is 80.7 Å². The molecule has 5 aromatic carbocycles. The number of carbonyl (C=O) groups is 11. The highest BCUT2D eigenvalue weighted by Gasteiger charge is 2.41. The van der Waals surface area contributed by atoms with Gasteiger partial charge in [0.1, 0.15) is 30.7 Å². The number of carboxylic acid groups (broad SMARTS) is 1. The number of aryl methyl sites for hydroxylation is 1. The molecule has 0 bridgehead atoms. The number of hydrogen-bond acceptors (Lipinski definition) is 17. The minimum absolute atomic E-state index is 0.0194. The zero-order valence-electron chi connectivity index (χ0n) is 51.4. The van der Waals surface area contributed by atoms with Crippen LogP contribution in [-0.2, 0) is 65.5 Å². The van der Waals surface area contributed by atoms with E-state index in [1.165, 1.54) is 7.11 Å². The van der Waals surface area contributed by atoms with Crippen LogP contribution in [0.4, 0.5) is 22.7 Å². The van der Waals surface area contributed by atoms with E-state index < -0.39 is 117 Å². The molecule has 1 aliphatic carbocycles. The Hall–Kier alpha value is -10.2. The number of amides is 10. The van der Waals surface area contributed by atoms with Crippen LogP contribution in [0.25, 0.3) is 10.8 Å². The number of carbonyl (C=O) groups excluding carboxylic acids is 10. The van der Waals surface area contributed by atoms with Gasteiger partial charge in [-0.1, -0.05) is 54.6 Å². The van der Waals surface area contributed by atoms with Crippen molar-refractivity contribution in [1.29, 1.82) is 0 Å². The normalized spacial score (nSPS) is 16.8. The Bertz CT molecular complexity index is 3880. The number of ether oxygens (including phenoxy) is 3. The summed E-state index contributed by atoms with van der Waals surface area (Å²) < 4.78 is 17.8. The molecule has 0 radical (unpaired) electrons. The van der Waals surface area contributed by atoms with Crippen molar-refractivity contribution in [3.05, 3.63) is 125 Å². The van der Waals surface area contributed by atoms with Crippen LogP contribution in [0.15, 0.2) is 102 Å². The van der Waals surface area contributed by atoms with Gasteiger partial charge in [0.15, 0.2) is 11.5 Å². The Labute approximate surface area is 543 Å². The molecule has 492 valence electrons. The molecule has 3 unspecified atom stereocenters. The average molecular weight is 1310 g/mol. The predicted octanol–water partition coefficient (Wildman–Crippen LogP) is 2.92. The van der Waals surface area contributed by atoms with E-state index in [0.717, 1.165) is 39.6 Å². The number of nitrogens with zero attached hydrogens (tertiary/aromatic N) is 4. The van der Waals surface area contributed by atoms with Gasteiger partial charge in [-0.2, -0.15) is 0 Å². The van der Waals surface area contributed by atoms with Gasteiger partial charge in [0.05, 0.1) is 68.6 Å². The standard InChI is InChI=1S/C66H70ClN11O16/c1-36-9-8-12-43-50(79)26-48-61(60(36)43)40(27-67)34-76(48)56(83)13-6-7-20-93-52-25-45-44(24-51(52)92-2)66(91)77-42(28-69-45)22-39-16-17-41(23-47(39)77)74-65(90)62(38-14-15-38)94-35-73-54(81)31-71-63(88)46(21-37-10-4-3-5-11-37)75-55(82)32-70-53(80)30-72-64(89)49(29-68-33-59(86)87)78-57(84)18-19-58(78)85/h3-5,8-12,16-19,23-26,28,38,40,42,46,49,62,68,79H,6-7,13-15,20-22,27,29-35H2,1-2H3,(H,70,80)(H,71,88)(H,72,89)(H,73,81)(H,74,90)(H,75,82)(H,86,87)/t40?,42-,46-,49?,62?/m0/s1. The number of hydrogen-bond donors (Lipinski definition) is 9. The van der Waals surface area contributed by atoms with Crippen molar-refractivity contribution in [3.63, 3.8) is 0 Å². The number of phenolic OH excluding ortho intramolecular Hbond substituents is 1. The molecule has 5 atom stereocenters. The van der Waals surface area contributed by atoms with Crippen LogP contribution in [-0.4, -0.2) is 176 Å². The number of alkyl halides is 1. The van der Waals surface area contributed by atoms with Crippen LogP contribution >= 0.6 is 11.6 Å². The Morgan fingerprint density at radius 1 is 0.777 bits per heavy atom. The summed E-state index contributed by atoms with van der Waals surface area (Å²) in [6.45, 7) is -0.685. The number of halogens is 1. The minimum Gasteiger partial charge on any atom is -0.507 e. The number of phenols is 1. The summed E-state index contributed by atoms with van der Waals surface area (Å²) in [5.74, 6) is -6.98. The number of rotatable bonds is 30. The molecular formula is C66H70ClN11O16. The van der Waals surface area contributed by atoms with Crippen molar-refractivity contribution in [1.82, 2.24) is 36.8 Å². The average Bonchev–Trinajstić information content (AvgIpc) is 1.61. The summed E-state index contributed by atoms with van der Waals surface area (Å²) in [5.41, 5.74) is 5.76. The first-order valence-corrected chi connectivity index (χ1v) is 31.1. The highest BCUT2D eigenvalue weighted by atomic mass is 35.5. The third kappa shape index (κ3) is 15.6. The Morgan fingerprint density at radius 3 is 2.23 bits per heavy atom. The van der Waals surface area contributed by atoms with E-state index in [1.54, 1.807) is 76.7 Å². The van der Waals surface area contributed by atoms with Gasteiger partial charge >= 0.3 is 5.97 Å². The highest BCUT2D eigenvalue weighted by molar-refractivity contribution is 6.19. The lowest BCUT2D eigenvalue weighted by Gasteiger charge is -2.25. The fourth-order valence-electron chi connectivity index (χ4n) is 11.8. The first-order valence-electron chi connectivity index (χ1n) is 30.6. The second-order valence-corrected chi connectivity index (χ2v) is 23.5. The van der Waals surface area contributed by atoms with Crippen LogP contribution in [0.1, 0.15) is 70.6 Å². The number of unbranched alkanes of at least 4 members (excludes halogenated alkanes) is 1. The van der Waals surface area contributed by atoms with Gasteiger partial charge in [-0.15, -0.1) is 11.6 Å². The SMILES string of the molecule is COc1cc2c(cc1OCCCCC(=O)N1CC(CCl)c3c1cc(O)c1cccc(C)c31)N=C[C@@H]1Cc3ccc(NC(=O)C(OCNC(=O)CNC(=O)[C@H](Cc4ccccc4)NC(=O)CNC(=O)CNC(=O)C(CNCC(=O)O)N4C(=O)C=CC4=O)C4CC4)cc3N1C2=O. The van der Waals surface area contributed by atoms with E-state index in [1.807, 2.05) is 31.2 Å². The van der Waals surface area contributed by atoms with Gasteiger partial charge in [-0.05, 0) is 84.4 Å². The molecule has 28 heteroatoms. The van der Waals surface area contributed by atoms with E-state index in [-0.39, 0.29) is 54.4 Å². The van der Waals surface area contributed by atoms with Gasteiger partial charge in [-0.25, -0.2) is 0 Å². The highest BCUT2D eigenvalue weighted by Crippen LogP contribution is 2.47. The van der Waals surface area contributed by atoms with Gasteiger partial charge in [0.25, 0.3) is 23.6 Å². The molecule has 27 nitrogen and oxygen atoms in total. The molecule has 4 heterocycles. The molecule has 4 aliphatic heterocycles. The molecule has 10 amide bonds. The maximum atomic E-state index is 14.5. The number of benzene rings is 5. The maximum absolute atomic E-state index is 14.5. The van der Waals surface area contributed by atoms with Crippen molar-refractivity contribution in [3.8, 4) is 17.2 Å². The monoisotopic (exact) mass is 1310 g/mol. The van der Waals surface area contributed by atoms with Crippen LogP contribution < -0.4 is 56.5 Å². The number of anilines is 3. The van der Waals surface area contributed by atoms with Crippen molar-refractivity contribution < 1.29 is 77.2 Å². The van der Waals surface area contributed by atoms with Gasteiger partial charge < -0.3 is 66.5 Å². The molecule has 10 rings (SSSR count). The van der Waals surface area contributed by atoms with Crippen molar-refractivity contribution in [2.24, 2.45) is 10.9 Å². The lowest BCUT2D eigenvalue weighted by Crippen LogP contribution is -2.56. The molecule has 5 aliphatic rings. The predicted molar refractivity (Wildman–Crippen MR) is 343 cm³/mol. The lowest BCUT2D eigenvalue weighted by atomic mass is 9.92. The molecule has 9 N–H and O–H groups in total. The molecule has 5 aromatic rings. The van der Waals surface area contributed by atoms with E-state index in [9.17, 15) is 57.8 Å². The molecule has 94 heavy (non-hydrogen) atoms. The Morgan fingerprint density at radius 2 is 1.51 bits per heavy atom. The molecule has 0 spiro atoms. The molecule has 0 saturated heterocycles. The topological polar surface area (TPSA) is 362 Å². The summed E-state index contributed by atoms with van der Waals surface area (Å²) >= 11 is 6.44. The van der Waals surface area contributed by atoms with Crippen molar-refractivity contribution in [2.45, 2.75) is 82.0 Å². The van der Waals surface area contributed by atoms with Gasteiger partial charge in [0.2, 0.25) is 35.4 Å². The van der Waals surface area contributed by atoms with Crippen LogP contribution in [0.5, 0.6) is 17.2 Å². The number of aromatic hydroxyl groups is 1. The van der Waals surface area contributed by atoms with E-state index in [0.29, 0.717) is 89.2 Å². The summed E-state index contributed by atoms with van der Waals surface area (Å²) in [4.78, 5) is 152. The Balaban J connectivity index is 0.680. The second kappa shape index (κ2) is 30.0. The zero-order chi connectivity index (χ0) is 66.7. The molecule has 1 fully saturated rings. The summed E-state index contributed by atoms with van der Waals surface area (Å²) in [7, 11) is 1.47. The third-order valence-corrected chi connectivity index (χ3v) is 17.0. The van der Waals surface area contributed by atoms with Gasteiger partial charge in [0, 0.05) is 85.7 Å². The minimum atomic E-state index is -1.50. The number of methoxy groups -OCH3 is 1. The molecule has 1 saturated carbocycles. The number of nitrogens with one attached hydrogen (secondary N) is 7. The maximum Gasteiger partial charge on any atom is 0.317 e. The van der Waals surface area contributed by atoms with E-state index in [4.69, 9.17) is 35.9 Å². The lowest BCUT2D eigenvalue weighted by molar-refractivity contribution is -0.145. The number of fused-ring (bicyclic) bond motifs is 7. The summed E-state index contributed by atoms with van der Waals surface area (Å²) in [6, 6.07) is 21.4. The number of aliphatic carboxylic acids is 1.